The molecule has 0 heterocycles. The summed E-state index contributed by atoms with van der Waals surface area (Å²) in [7, 11) is 2.08. The van der Waals surface area contributed by atoms with Gasteiger partial charge in [0, 0.05) is 30.8 Å². The lowest BCUT2D eigenvalue weighted by Gasteiger charge is -2.20. The van der Waals surface area contributed by atoms with Crippen LogP contribution in [0.2, 0.25) is 5.02 Å². The number of nitrogens with two attached hydrogens (primary N) is 1. The van der Waals surface area contributed by atoms with E-state index in [1.165, 1.54) is 11.3 Å². The first-order valence-corrected chi connectivity index (χ1v) is 7.29. The molecular weight excluding hydrogens is 268 g/mol. The molecule has 0 amide bonds. The lowest BCUT2D eigenvalue weighted by molar-refractivity contribution is 0.919. The van der Waals surface area contributed by atoms with Crippen molar-refractivity contribution in [2.45, 2.75) is 26.4 Å². The smallest absolute Gasteiger partial charge is 0.0459 e. The standard InChI is InChI=1S/C17H21ClN2/c1-3-13-5-8-16(9-6-13)20(2)12-15-7-4-14(11-19)10-17(15)18/h4-10H,3,11-12,19H2,1-2H3. The third kappa shape index (κ3) is 3.53. The van der Waals surface area contributed by atoms with E-state index in [-0.39, 0.29) is 0 Å². The van der Waals surface area contributed by atoms with Crippen molar-refractivity contribution in [2.75, 3.05) is 11.9 Å². The first-order valence-electron chi connectivity index (χ1n) is 6.91. The van der Waals surface area contributed by atoms with E-state index in [2.05, 4.69) is 49.2 Å². The molecule has 0 radical (unpaired) electrons. The fourth-order valence-corrected chi connectivity index (χ4v) is 2.44. The molecule has 0 bridgehead atoms. The van der Waals surface area contributed by atoms with Crippen LogP contribution in [-0.2, 0) is 19.5 Å². The van der Waals surface area contributed by atoms with Gasteiger partial charge in [0.2, 0.25) is 0 Å². The van der Waals surface area contributed by atoms with Crippen LogP contribution >= 0.6 is 11.6 Å². The normalized spacial score (nSPS) is 10.6. The van der Waals surface area contributed by atoms with Gasteiger partial charge in [-0.1, -0.05) is 42.8 Å². The number of halogens is 1. The number of aryl methyl sites for hydroxylation is 1. The maximum absolute atomic E-state index is 6.31. The molecule has 0 unspecified atom stereocenters. The maximum atomic E-state index is 6.31. The van der Waals surface area contributed by atoms with Crippen LogP contribution in [0, 0.1) is 0 Å². The van der Waals surface area contributed by atoms with E-state index >= 15 is 0 Å². The van der Waals surface area contributed by atoms with Crippen LogP contribution in [-0.4, -0.2) is 7.05 Å². The summed E-state index contributed by atoms with van der Waals surface area (Å²) in [4.78, 5) is 2.20. The predicted octanol–water partition coefficient (Wildman–Crippen LogP) is 4.00. The topological polar surface area (TPSA) is 29.3 Å². The number of benzene rings is 2. The molecule has 0 aliphatic heterocycles. The molecule has 2 rings (SSSR count). The van der Waals surface area contributed by atoms with E-state index in [1.54, 1.807) is 0 Å². The van der Waals surface area contributed by atoms with Gasteiger partial charge in [-0.05, 0) is 41.3 Å². The summed E-state index contributed by atoms with van der Waals surface area (Å²) < 4.78 is 0. The average Bonchev–Trinajstić information content (AvgIpc) is 2.49. The van der Waals surface area contributed by atoms with E-state index in [1.807, 2.05) is 12.1 Å². The molecule has 2 N–H and O–H groups in total. The van der Waals surface area contributed by atoms with Crippen molar-refractivity contribution >= 4 is 17.3 Å². The van der Waals surface area contributed by atoms with E-state index in [0.717, 1.165) is 29.1 Å². The summed E-state index contributed by atoms with van der Waals surface area (Å²) in [5, 5.41) is 0.782. The van der Waals surface area contributed by atoms with Gasteiger partial charge in [-0.2, -0.15) is 0 Å². The first-order chi connectivity index (χ1) is 9.63. The second kappa shape index (κ2) is 6.78. The molecule has 20 heavy (non-hydrogen) atoms. The average molecular weight is 289 g/mol. The van der Waals surface area contributed by atoms with Gasteiger partial charge >= 0.3 is 0 Å². The highest BCUT2D eigenvalue weighted by Crippen LogP contribution is 2.22. The van der Waals surface area contributed by atoms with Crippen LogP contribution in [0.1, 0.15) is 23.6 Å². The minimum absolute atomic E-state index is 0.522. The molecule has 3 heteroatoms. The Morgan fingerprint density at radius 3 is 2.25 bits per heavy atom. The van der Waals surface area contributed by atoms with Crippen molar-refractivity contribution in [1.29, 1.82) is 0 Å². The number of nitrogens with zero attached hydrogens (tertiary/aromatic N) is 1. The fourth-order valence-electron chi connectivity index (χ4n) is 2.18. The van der Waals surface area contributed by atoms with Crippen LogP contribution < -0.4 is 10.6 Å². The summed E-state index contributed by atoms with van der Waals surface area (Å²) in [6.07, 6.45) is 1.07. The van der Waals surface area contributed by atoms with Gasteiger partial charge in [-0.25, -0.2) is 0 Å². The Hall–Kier alpha value is -1.51. The van der Waals surface area contributed by atoms with E-state index in [0.29, 0.717) is 6.54 Å². The molecule has 0 aromatic heterocycles. The number of rotatable bonds is 5. The van der Waals surface area contributed by atoms with Crippen LogP contribution in [0.3, 0.4) is 0 Å². The zero-order valence-corrected chi connectivity index (χ0v) is 12.8. The quantitative estimate of drug-likeness (QED) is 0.901. The molecule has 0 atom stereocenters. The van der Waals surface area contributed by atoms with Gasteiger partial charge in [0.05, 0.1) is 0 Å². The van der Waals surface area contributed by atoms with E-state index in [9.17, 15) is 0 Å². The number of hydrogen-bond donors (Lipinski definition) is 1. The maximum Gasteiger partial charge on any atom is 0.0459 e. The minimum Gasteiger partial charge on any atom is -0.370 e. The highest BCUT2D eigenvalue weighted by molar-refractivity contribution is 6.31. The molecule has 0 aliphatic carbocycles. The van der Waals surface area contributed by atoms with Crippen molar-refractivity contribution in [3.63, 3.8) is 0 Å². The van der Waals surface area contributed by atoms with E-state index in [4.69, 9.17) is 17.3 Å². The van der Waals surface area contributed by atoms with Crippen molar-refractivity contribution in [3.8, 4) is 0 Å². The molecule has 0 spiro atoms. The predicted molar refractivity (Wildman–Crippen MR) is 87.3 cm³/mol. The summed E-state index contributed by atoms with van der Waals surface area (Å²) >= 11 is 6.31. The van der Waals surface area contributed by atoms with Crippen LogP contribution in [0.25, 0.3) is 0 Å². The molecule has 2 nitrogen and oxygen atoms in total. The number of hydrogen-bond acceptors (Lipinski definition) is 2. The van der Waals surface area contributed by atoms with Gasteiger partial charge in [0.1, 0.15) is 0 Å². The Kier molecular flexibility index (Phi) is 5.05. The third-order valence-electron chi connectivity index (χ3n) is 3.55. The fraction of sp³-hybridized carbons (Fsp3) is 0.294. The summed E-state index contributed by atoms with van der Waals surface area (Å²) in [6, 6.07) is 14.7. The molecule has 106 valence electrons. The second-order valence-electron chi connectivity index (χ2n) is 5.01. The van der Waals surface area contributed by atoms with Crippen molar-refractivity contribution in [2.24, 2.45) is 5.73 Å². The molecule has 2 aromatic carbocycles. The lowest BCUT2D eigenvalue weighted by atomic mass is 10.1. The zero-order chi connectivity index (χ0) is 14.5. The summed E-state index contributed by atoms with van der Waals surface area (Å²) in [5.41, 5.74) is 10.3. The monoisotopic (exact) mass is 288 g/mol. The van der Waals surface area contributed by atoms with Gasteiger partial charge in [0.15, 0.2) is 0 Å². The highest BCUT2D eigenvalue weighted by atomic mass is 35.5. The van der Waals surface area contributed by atoms with E-state index < -0.39 is 0 Å². The van der Waals surface area contributed by atoms with Gasteiger partial charge < -0.3 is 10.6 Å². The molecule has 0 fully saturated rings. The Morgan fingerprint density at radius 1 is 1.05 bits per heavy atom. The van der Waals surface area contributed by atoms with Crippen molar-refractivity contribution in [3.05, 3.63) is 64.2 Å². The molecule has 2 aromatic rings. The largest absolute Gasteiger partial charge is 0.370 e. The van der Waals surface area contributed by atoms with Crippen molar-refractivity contribution < 1.29 is 0 Å². The van der Waals surface area contributed by atoms with Gasteiger partial charge in [-0.15, -0.1) is 0 Å². The van der Waals surface area contributed by atoms with Crippen LogP contribution in [0.15, 0.2) is 42.5 Å². The Morgan fingerprint density at radius 2 is 1.70 bits per heavy atom. The second-order valence-corrected chi connectivity index (χ2v) is 5.41. The molecule has 0 saturated heterocycles. The Bertz CT molecular complexity index is 564. The third-order valence-corrected chi connectivity index (χ3v) is 3.90. The zero-order valence-electron chi connectivity index (χ0n) is 12.1. The summed E-state index contributed by atoms with van der Waals surface area (Å²) in [5.74, 6) is 0. The Balaban J connectivity index is 2.12. The molecular formula is C17H21ClN2. The van der Waals surface area contributed by atoms with Crippen molar-refractivity contribution in [1.82, 2.24) is 0 Å². The van der Waals surface area contributed by atoms with Gasteiger partial charge in [0.25, 0.3) is 0 Å². The summed E-state index contributed by atoms with van der Waals surface area (Å²) in [6.45, 7) is 3.47. The lowest BCUT2D eigenvalue weighted by Crippen LogP contribution is -2.16. The van der Waals surface area contributed by atoms with Crippen LogP contribution in [0.5, 0.6) is 0 Å². The Labute approximate surface area is 126 Å². The minimum atomic E-state index is 0.522. The SMILES string of the molecule is CCc1ccc(N(C)Cc2ccc(CN)cc2Cl)cc1. The molecule has 0 aliphatic rings. The first kappa shape index (κ1) is 14.9. The van der Waals surface area contributed by atoms with Crippen LogP contribution in [0.4, 0.5) is 5.69 Å². The number of anilines is 1. The highest BCUT2D eigenvalue weighted by Gasteiger charge is 2.06. The van der Waals surface area contributed by atoms with Gasteiger partial charge in [-0.3, -0.25) is 0 Å². The molecule has 0 saturated carbocycles.